The molecule has 0 saturated carbocycles. The van der Waals surface area contributed by atoms with Gasteiger partial charge in [0.15, 0.2) is 5.78 Å². The summed E-state index contributed by atoms with van der Waals surface area (Å²) < 4.78 is 25.3. The number of para-hydroxylation sites is 1. The predicted octanol–water partition coefficient (Wildman–Crippen LogP) is 1.68. The highest BCUT2D eigenvalue weighted by Gasteiger charge is 2.35. The van der Waals surface area contributed by atoms with Gasteiger partial charge in [-0.25, -0.2) is 8.42 Å². The van der Waals surface area contributed by atoms with Gasteiger partial charge in [0.05, 0.1) is 11.4 Å². The van der Waals surface area contributed by atoms with E-state index in [4.69, 9.17) is 0 Å². The van der Waals surface area contributed by atoms with Crippen molar-refractivity contribution >= 4 is 21.5 Å². The van der Waals surface area contributed by atoms with Gasteiger partial charge in [-0.15, -0.1) is 0 Å². The largest absolute Gasteiger partial charge is 0.294 e. The van der Waals surface area contributed by atoms with Gasteiger partial charge in [0.2, 0.25) is 10.0 Å². The van der Waals surface area contributed by atoms with Crippen molar-refractivity contribution < 1.29 is 13.2 Å². The zero-order valence-corrected chi connectivity index (χ0v) is 10.7. The molecule has 5 heteroatoms. The molecule has 1 heterocycles. The highest BCUT2D eigenvalue weighted by molar-refractivity contribution is 7.93. The van der Waals surface area contributed by atoms with Crippen LogP contribution in [0.1, 0.15) is 24.2 Å². The lowest BCUT2D eigenvalue weighted by atomic mass is 10.1. The molecule has 1 saturated heterocycles. The van der Waals surface area contributed by atoms with Gasteiger partial charge in [-0.2, -0.15) is 0 Å². The van der Waals surface area contributed by atoms with Crippen molar-refractivity contribution in [2.75, 3.05) is 16.6 Å². The molecule has 1 fully saturated rings. The van der Waals surface area contributed by atoms with Gasteiger partial charge in [-0.05, 0) is 25.0 Å². The van der Waals surface area contributed by atoms with Gasteiger partial charge in [0.25, 0.3) is 0 Å². The molecule has 4 nitrogen and oxygen atoms in total. The van der Waals surface area contributed by atoms with Gasteiger partial charge >= 0.3 is 0 Å². The molecule has 0 aliphatic carbocycles. The molecule has 2 rings (SSSR count). The maximum Gasteiger partial charge on any atom is 0.235 e. The quantitative estimate of drug-likeness (QED) is 0.753. The van der Waals surface area contributed by atoms with Crippen molar-refractivity contribution in [3.63, 3.8) is 0 Å². The molecule has 1 aliphatic heterocycles. The molecule has 0 bridgehead atoms. The fourth-order valence-electron chi connectivity index (χ4n) is 2.14. The van der Waals surface area contributed by atoms with Gasteiger partial charge < -0.3 is 0 Å². The third-order valence-electron chi connectivity index (χ3n) is 2.86. The van der Waals surface area contributed by atoms with Gasteiger partial charge in [-0.1, -0.05) is 19.1 Å². The van der Waals surface area contributed by atoms with Crippen LogP contribution in [0.3, 0.4) is 0 Å². The first-order valence-corrected chi connectivity index (χ1v) is 7.13. The van der Waals surface area contributed by atoms with Crippen molar-refractivity contribution in [3.8, 4) is 0 Å². The fourth-order valence-corrected chi connectivity index (χ4v) is 4.08. The molecule has 1 unspecified atom stereocenters. The molecular formula is C12H15NO3S. The Balaban J connectivity index is 2.52. The molecule has 1 aliphatic rings. The minimum Gasteiger partial charge on any atom is -0.294 e. The Morgan fingerprint density at radius 1 is 1.35 bits per heavy atom. The molecule has 0 amide bonds. The third kappa shape index (κ3) is 2.20. The Labute approximate surface area is 101 Å². The van der Waals surface area contributed by atoms with Gasteiger partial charge in [0.1, 0.15) is 0 Å². The summed E-state index contributed by atoms with van der Waals surface area (Å²) in [6.45, 7) is 3.80. The molecule has 0 N–H and O–H groups in total. The Morgan fingerprint density at radius 2 is 2.00 bits per heavy atom. The number of rotatable bonds is 2. The van der Waals surface area contributed by atoms with Crippen molar-refractivity contribution in [2.45, 2.75) is 13.8 Å². The first-order chi connectivity index (χ1) is 7.92. The number of carbonyl (C=O) groups is 1. The highest BCUT2D eigenvalue weighted by Crippen LogP contribution is 2.29. The normalized spacial score (nSPS) is 22.7. The van der Waals surface area contributed by atoms with Crippen LogP contribution in [0.5, 0.6) is 0 Å². The number of benzene rings is 1. The number of hydrogen-bond acceptors (Lipinski definition) is 3. The number of ketones is 1. The van der Waals surface area contributed by atoms with Crippen molar-refractivity contribution in [1.29, 1.82) is 0 Å². The van der Waals surface area contributed by atoms with Gasteiger partial charge in [-0.3, -0.25) is 9.10 Å². The van der Waals surface area contributed by atoms with E-state index in [2.05, 4.69) is 0 Å². The lowest BCUT2D eigenvalue weighted by Crippen LogP contribution is -2.26. The third-order valence-corrected chi connectivity index (χ3v) is 4.87. The number of anilines is 1. The summed E-state index contributed by atoms with van der Waals surface area (Å²) >= 11 is 0. The number of sulfonamides is 1. The summed E-state index contributed by atoms with van der Waals surface area (Å²) in [7, 11) is -3.26. The van der Waals surface area contributed by atoms with Crippen LogP contribution >= 0.6 is 0 Å². The second kappa shape index (κ2) is 4.14. The second-order valence-corrected chi connectivity index (χ2v) is 6.43. The number of nitrogens with zero attached hydrogens (tertiary/aromatic N) is 1. The van der Waals surface area contributed by atoms with Crippen molar-refractivity contribution in [1.82, 2.24) is 0 Å². The minimum atomic E-state index is -3.26. The Morgan fingerprint density at radius 3 is 2.53 bits per heavy atom. The molecule has 92 valence electrons. The number of hydrogen-bond donors (Lipinski definition) is 0. The molecule has 0 aromatic heterocycles. The van der Waals surface area contributed by atoms with E-state index in [9.17, 15) is 13.2 Å². The first kappa shape index (κ1) is 12.1. The summed E-state index contributed by atoms with van der Waals surface area (Å²) in [4.78, 5) is 11.5. The van der Waals surface area contributed by atoms with E-state index in [0.29, 0.717) is 17.8 Å². The van der Waals surface area contributed by atoms with Crippen LogP contribution in [0.4, 0.5) is 5.69 Å². The van der Waals surface area contributed by atoms with Gasteiger partial charge in [0, 0.05) is 12.1 Å². The minimum absolute atomic E-state index is 0.0972. The zero-order chi connectivity index (χ0) is 12.6. The van der Waals surface area contributed by atoms with Crippen LogP contribution in [0.15, 0.2) is 24.3 Å². The Hall–Kier alpha value is -1.36. The van der Waals surface area contributed by atoms with E-state index in [1.807, 2.05) is 6.92 Å². The number of Topliss-reactive ketones (excluding diaryl/α,β-unsaturated/α-hetero) is 1. The van der Waals surface area contributed by atoms with Crippen LogP contribution in [0.2, 0.25) is 0 Å². The average molecular weight is 253 g/mol. The summed E-state index contributed by atoms with van der Waals surface area (Å²) in [5, 5.41) is 0. The Kier molecular flexibility index (Phi) is 2.95. The summed E-state index contributed by atoms with van der Waals surface area (Å²) in [5.74, 6) is 0.134. The Bertz CT molecular complexity index is 551. The van der Waals surface area contributed by atoms with Crippen LogP contribution in [-0.2, 0) is 10.0 Å². The van der Waals surface area contributed by atoms with Crippen LogP contribution in [0, 0.1) is 5.92 Å². The predicted molar refractivity (Wildman–Crippen MR) is 66.7 cm³/mol. The maximum absolute atomic E-state index is 12.0. The van der Waals surface area contributed by atoms with E-state index in [-0.39, 0.29) is 17.5 Å². The lowest BCUT2D eigenvalue weighted by molar-refractivity contribution is 0.101. The fraction of sp³-hybridized carbons (Fsp3) is 0.417. The zero-order valence-electron chi connectivity index (χ0n) is 9.88. The summed E-state index contributed by atoms with van der Waals surface area (Å²) in [6, 6.07) is 6.84. The summed E-state index contributed by atoms with van der Waals surface area (Å²) in [6.07, 6.45) is 0. The van der Waals surface area contributed by atoms with E-state index < -0.39 is 10.0 Å². The molecule has 0 spiro atoms. The highest BCUT2D eigenvalue weighted by atomic mass is 32.2. The first-order valence-electron chi connectivity index (χ1n) is 5.52. The molecule has 1 atom stereocenters. The molecule has 0 radical (unpaired) electrons. The second-order valence-electron chi connectivity index (χ2n) is 4.49. The van der Waals surface area contributed by atoms with E-state index in [0.717, 1.165) is 0 Å². The standard InChI is InChI=1S/C12H15NO3S/c1-9-7-13(17(15,16)8-9)12-6-4-3-5-11(12)10(2)14/h3-6,9H,7-8H2,1-2H3. The van der Waals surface area contributed by atoms with Crippen molar-refractivity contribution in [2.24, 2.45) is 5.92 Å². The SMILES string of the molecule is CC(=O)c1ccccc1N1CC(C)CS1(=O)=O. The smallest absolute Gasteiger partial charge is 0.235 e. The molecular weight excluding hydrogens is 238 g/mol. The lowest BCUT2D eigenvalue weighted by Gasteiger charge is -2.19. The maximum atomic E-state index is 12.0. The topological polar surface area (TPSA) is 54.5 Å². The van der Waals surface area contributed by atoms with Crippen LogP contribution in [0.25, 0.3) is 0 Å². The van der Waals surface area contributed by atoms with E-state index in [1.54, 1.807) is 24.3 Å². The molecule has 1 aromatic carbocycles. The number of carbonyl (C=O) groups excluding carboxylic acids is 1. The van der Waals surface area contributed by atoms with Crippen molar-refractivity contribution in [3.05, 3.63) is 29.8 Å². The van der Waals surface area contributed by atoms with Crippen LogP contribution in [-0.4, -0.2) is 26.5 Å². The molecule has 1 aromatic rings. The van der Waals surface area contributed by atoms with Crippen LogP contribution < -0.4 is 4.31 Å². The molecule has 17 heavy (non-hydrogen) atoms. The van der Waals surface area contributed by atoms with E-state index in [1.165, 1.54) is 11.2 Å². The monoisotopic (exact) mass is 253 g/mol. The summed E-state index contributed by atoms with van der Waals surface area (Å²) in [5.41, 5.74) is 0.967. The van der Waals surface area contributed by atoms with E-state index >= 15 is 0 Å². The average Bonchev–Trinajstić information content (AvgIpc) is 2.51.